The molecule has 34 heavy (non-hydrogen) atoms. The fourth-order valence-electron chi connectivity index (χ4n) is 3.47. The van der Waals surface area contributed by atoms with Crippen LogP contribution in [0.4, 0.5) is 0 Å². The number of nitrogens with zero attached hydrogens (tertiary/aromatic N) is 1. The average molecular weight is 467 g/mol. The number of carbonyl (C=O) groups is 2. The van der Waals surface area contributed by atoms with Crippen LogP contribution in [0.3, 0.4) is 0 Å². The second kappa shape index (κ2) is 16.5. The topological polar surface area (TPSA) is 77.0 Å². The fourth-order valence-corrected chi connectivity index (χ4v) is 3.47. The molecule has 0 aromatic heterocycles. The van der Waals surface area contributed by atoms with Gasteiger partial charge in [0.05, 0.1) is 18.4 Å². The number of amides is 1. The van der Waals surface area contributed by atoms with Crippen LogP contribution in [-0.4, -0.2) is 24.7 Å². The highest BCUT2D eigenvalue weighted by molar-refractivity contribution is 5.91. The van der Waals surface area contributed by atoms with E-state index in [1.54, 1.807) is 54.7 Å². The quantitative estimate of drug-likeness (QED) is 0.0984. The Hall–Kier alpha value is -3.15. The van der Waals surface area contributed by atoms with Crippen molar-refractivity contribution in [2.75, 3.05) is 6.61 Å². The maximum absolute atomic E-state index is 12.3. The molecular formula is C28H38N2O4. The van der Waals surface area contributed by atoms with Crippen molar-refractivity contribution in [1.29, 1.82) is 0 Å². The van der Waals surface area contributed by atoms with Gasteiger partial charge in [-0.3, -0.25) is 4.79 Å². The Balaban J connectivity index is 1.63. The van der Waals surface area contributed by atoms with E-state index in [0.717, 1.165) is 18.4 Å². The number of hydrogen-bond acceptors (Lipinski definition) is 5. The van der Waals surface area contributed by atoms with Gasteiger partial charge in [0, 0.05) is 6.42 Å². The highest BCUT2D eigenvalue weighted by atomic mass is 16.5. The summed E-state index contributed by atoms with van der Waals surface area (Å²) in [6.45, 7) is 4.71. The third kappa shape index (κ3) is 11.1. The van der Waals surface area contributed by atoms with Crippen molar-refractivity contribution in [3.05, 3.63) is 59.7 Å². The molecule has 6 nitrogen and oxygen atoms in total. The summed E-state index contributed by atoms with van der Waals surface area (Å²) in [7, 11) is 0. The molecule has 0 aliphatic rings. The summed E-state index contributed by atoms with van der Waals surface area (Å²) < 4.78 is 10.8. The van der Waals surface area contributed by atoms with E-state index in [9.17, 15) is 9.59 Å². The zero-order valence-corrected chi connectivity index (χ0v) is 20.6. The van der Waals surface area contributed by atoms with Crippen LogP contribution in [0, 0.1) is 0 Å². The van der Waals surface area contributed by atoms with Gasteiger partial charge in [0.1, 0.15) is 11.5 Å². The lowest BCUT2D eigenvalue weighted by Crippen LogP contribution is -2.16. The SMILES string of the molecule is CCCCCCCCCCCC(=O)NN=Cc1ccc(OC(=O)c2ccc(OCC)cc2)cc1. The zero-order valence-electron chi connectivity index (χ0n) is 20.6. The Morgan fingerprint density at radius 1 is 0.794 bits per heavy atom. The summed E-state index contributed by atoms with van der Waals surface area (Å²) >= 11 is 0. The van der Waals surface area contributed by atoms with Gasteiger partial charge in [-0.1, -0.05) is 58.3 Å². The van der Waals surface area contributed by atoms with Crippen LogP contribution in [0.1, 0.15) is 94.0 Å². The van der Waals surface area contributed by atoms with Crippen LogP contribution >= 0.6 is 0 Å². The van der Waals surface area contributed by atoms with Gasteiger partial charge in [0.15, 0.2) is 0 Å². The summed E-state index contributed by atoms with van der Waals surface area (Å²) in [4.78, 5) is 24.2. The second-order valence-corrected chi connectivity index (χ2v) is 8.29. The number of esters is 1. The minimum Gasteiger partial charge on any atom is -0.494 e. The Labute approximate surface area is 203 Å². The standard InChI is InChI=1S/C28H38N2O4/c1-3-5-6-7-8-9-10-11-12-13-27(31)30-29-22-23-14-18-26(19-15-23)34-28(32)24-16-20-25(21-17-24)33-4-2/h14-22H,3-13H2,1-2H3,(H,30,31). The van der Waals surface area contributed by atoms with E-state index in [2.05, 4.69) is 17.5 Å². The Kier molecular flexibility index (Phi) is 13.1. The number of unbranched alkanes of at least 4 members (excludes halogenated alkanes) is 8. The molecule has 0 heterocycles. The van der Waals surface area contributed by atoms with Crippen LogP contribution in [0.5, 0.6) is 11.5 Å². The zero-order chi connectivity index (χ0) is 24.4. The molecule has 0 unspecified atom stereocenters. The van der Waals surface area contributed by atoms with E-state index >= 15 is 0 Å². The molecule has 0 fully saturated rings. The molecule has 0 aliphatic heterocycles. The minimum atomic E-state index is -0.437. The normalized spacial score (nSPS) is 10.9. The number of benzene rings is 2. The number of hydrazone groups is 1. The average Bonchev–Trinajstić information content (AvgIpc) is 2.85. The van der Waals surface area contributed by atoms with Gasteiger partial charge in [-0.2, -0.15) is 5.10 Å². The van der Waals surface area contributed by atoms with Crippen molar-refractivity contribution in [3.8, 4) is 11.5 Å². The lowest BCUT2D eigenvalue weighted by atomic mass is 10.1. The summed E-state index contributed by atoms with van der Waals surface area (Å²) in [6.07, 6.45) is 13.1. The van der Waals surface area contributed by atoms with Crippen molar-refractivity contribution in [3.63, 3.8) is 0 Å². The molecule has 0 atom stereocenters. The summed E-state index contributed by atoms with van der Waals surface area (Å²) in [5.41, 5.74) is 3.82. The lowest BCUT2D eigenvalue weighted by molar-refractivity contribution is -0.121. The van der Waals surface area contributed by atoms with Crippen LogP contribution in [0.2, 0.25) is 0 Å². The highest BCUT2D eigenvalue weighted by Crippen LogP contribution is 2.16. The summed E-state index contributed by atoms with van der Waals surface area (Å²) in [5, 5.41) is 4.02. The molecule has 0 spiro atoms. The van der Waals surface area contributed by atoms with Crippen molar-refractivity contribution >= 4 is 18.1 Å². The number of hydrogen-bond donors (Lipinski definition) is 1. The maximum Gasteiger partial charge on any atom is 0.343 e. The van der Waals surface area contributed by atoms with Gasteiger partial charge in [-0.15, -0.1) is 0 Å². The first-order valence-electron chi connectivity index (χ1n) is 12.5. The van der Waals surface area contributed by atoms with Gasteiger partial charge in [0.25, 0.3) is 0 Å². The first kappa shape index (κ1) is 27.1. The molecule has 184 valence electrons. The van der Waals surface area contributed by atoms with E-state index in [1.165, 1.54) is 44.9 Å². The fraction of sp³-hybridized carbons (Fsp3) is 0.464. The molecule has 0 saturated carbocycles. The monoisotopic (exact) mass is 466 g/mol. The Bertz CT molecular complexity index is 876. The first-order valence-corrected chi connectivity index (χ1v) is 12.5. The van der Waals surface area contributed by atoms with Crippen LogP contribution in [0.25, 0.3) is 0 Å². The molecular weight excluding hydrogens is 428 g/mol. The Morgan fingerprint density at radius 2 is 1.38 bits per heavy atom. The van der Waals surface area contributed by atoms with Crippen LogP contribution in [0.15, 0.2) is 53.6 Å². The number of ether oxygens (including phenoxy) is 2. The number of carbonyl (C=O) groups excluding carboxylic acids is 2. The predicted octanol–water partition coefficient (Wildman–Crippen LogP) is 6.68. The molecule has 2 aromatic rings. The van der Waals surface area contributed by atoms with E-state index < -0.39 is 5.97 Å². The smallest absolute Gasteiger partial charge is 0.343 e. The molecule has 0 radical (unpaired) electrons. The van der Waals surface area contributed by atoms with Gasteiger partial charge in [0.2, 0.25) is 5.91 Å². The predicted molar refractivity (Wildman–Crippen MR) is 137 cm³/mol. The lowest BCUT2D eigenvalue weighted by Gasteiger charge is -2.06. The van der Waals surface area contributed by atoms with Gasteiger partial charge in [-0.05, 0) is 67.4 Å². The summed E-state index contributed by atoms with van der Waals surface area (Å²) in [6, 6.07) is 13.8. The largest absolute Gasteiger partial charge is 0.494 e. The number of rotatable bonds is 16. The number of nitrogens with one attached hydrogen (secondary N) is 1. The molecule has 0 aliphatic carbocycles. The van der Waals surface area contributed by atoms with Crippen LogP contribution in [-0.2, 0) is 4.79 Å². The van der Waals surface area contributed by atoms with Crippen molar-refractivity contribution < 1.29 is 19.1 Å². The van der Waals surface area contributed by atoms with Gasteiger partial charge >= 0.3 is 5.97 Å². The van der Waals surface area contributed by atoms with Crippen molar-refractivity contribution in [2.45, 2.75) is 78.1 Å². The molecule has 0 saturated heterocycles. The highest BCUT2D eigenvalue weighted by Gasteiger charge is 2.09. The first-order chi connectivity index (χ1) is 16.6. The van der Waals surface area contributed by atoms with Gasteiger partial charge < -0.3 is 9.47 Å². The Morgan fingerprint density at radius 3 is 2.00 bits per heavy atom. The van der Waals surface area contributed by atoms with E-state index in [1.807, 2.05) is 6.92 Å². The minimum absolute atomic E-state index is 0.0694. The molecule has 2 aromatic carbocycles. The molecule has 6 heteroatoms. The second-order valence-electron chi connectivity index (χ2n) is 8.29. The van der Waals surface area contributed by atoms with Gasteiger partial charge in [-0.25, -0.2) is 10.2 Å². The van der Waals surface area contributed by atoms with Crippen LogP contribution < -0.4 is 14.9 Å². The summed E-state index contributed by atoms with van der Waals surface area (Å²) in [5.74, 6) is 0.640. The van der Waals surface area contributed by atoms with Crippen molar-refractivity contribution in [2.24, 2.45) is 5.10 Å². The molecule has 2 rings (SSSR count). The van der Waals surface area contributed by atoms with Crippen molar-refractivity contribution in [1.82, 2.24) is 5.43 Å². The van der Waals surface area contributed by atoms with E-state index in [4.69, 9.17) is 9.47 Å². The molecule has 0 bridgehead atoms. The third-order valence-electron chi connectivity index (χ3n) is 5.40. The maximum atomic E-state index is 12.3. The molecule has 1 amide bonds. The molecule has 1 N–H and O–H groups in total. The van der Waals surface area contributed by atoms with E-state index in [-0.39, 0.29) is 5.91 Å². The third-order valence-corrected chi connectivity index (χ3v) is 5.40. The van der Waals surface area contributed by atoms with E-state index in [0.29, 0.717) is 30.1 Å².